The standard InChI is InChI=1S/C16H19FN4O/c1-12-10-13(2-4-15(12)17)3-5-16(22)20-8-6-14(11-20)21-9-7-18-19-21/h2,4,7,9-10,14H,3,5-6,8,11H2,1H3. The molecule has 0 N–H and O–H groups in total. The van der Waals surface area contributed by atoms with Crippen molar-refractivity contribution in [1.82, 2.24) is 19.9 Å². The molecule has 5 nitrogen and oxygen atoms in total. The normalized spacial score (nSPS) is 17.9. The molecule has 1 aliphatic rings. The van der Waals surface area contributed by atoms with E-state index >= 15 is 0 Å². The van der Waals surface area contributed by atoms with E-state index in [1.165, 1.54) is 6.07 Å². The monoisotopic (exact) mass is 302 g/mol. The third-order valence-electron chi connectivity index (χ3n) is 4.18. The van der Waals surface area contributed by atoms with Crippen LogP contribution in [0.1, 0.15) is 30.0 Å². The Morgan fingerprint density at radius 1 is 1.45 bits per heavy atom. The molecule has 0 saturated carbocycles. The predicted octanol–water partition coefficient (Wildman–Crippen LogP) is 2.13. The smallest absolute Gasteiger partial charge is 0.222 e. The Hall–Kier alpha value is -2.24. The van der Waals surface area contributed by atoms with Crippen molar-refractivity contribution in [3.63, 3.8) is 0 Å². The lowest BCUT2D eigenvalue weighted by molar-refractivity contribution is -0.130. The summed E-state index contributed by atoms with van der Waals surface area (Å²) in [5, 5.41) is 7.80. The average molecular weight is 302 g/mol. The molecular formula is C16H19FN4O. The number of benzene rings is 1. The molecule has 0 bridgehead atoms. The number of hydrogen-bond donors (Lipinski definition) is 0. The van der Waals surface area contributed by atoms with Gasteiger partial charge in [0.25, 0.3) is 0 Å². The first kappa shape index (κ1) is 14.7. The van der Waals surface area contributed by atoms with Gasteiger partial charge in [0, 0.05) is 25.7 Å². The minimum absolute atomic E-state index is 0.143. The van der Waals surface area contributed by atoms with Crippen molar-refractivity contribution in [1.29, 1.82) is 0 Å². The van der Waals surface area contributed by atoms with E-state index in [4.69, 9.17) is 0 Å². The molecule has 3 rings (SSSR count). The second-order valence-corrected chi connectivity index (χ2v) is 5.75. The van der Waals surface area contributed by atoms with Gasteiger partial charge in [-0.25, -0.2) is 9.07 Å². The van der Waals surface area contributed by atoms with Crippen LogP contribution in [0, 0.1) is 12.7 Å². The highest BCUT2D eigenvalue weighted by Crippen LogP contribution is 2.21. The summed E-state index contributed by atoms with van der Waals surface area (Å²) >= 11 is 0. The highest BCUT2D eigenvalue weighted by atomic mass is 19.1. The number of aryl methyl sites for hydroxylation is 2. The van der Waals surface area contributed by atoms with Crippen molar-refractivity contribution in [3.05, 3.63) is 47.5 Å². The van der Waals surface area contributed by atoms with Gasteiger partial charge in [-0.2, -0.15) is 0 Å². The van der Waals surface area contributed by atoms with Gasteiger partial charge in [0.15, 0.2) is 0 Å². The molecule has 0 aliphatic carbocycles. The molecule has 1 fully saturated rings. The zero-order chi connectivity index (χ0) is 15.5. The largest absolute Gasteiger partial charge is 0.340 e. The zero-order valence-electron chi connectivity index (χ0n) is 12.6. The number of hydrogen-bond acceptors (Lipinski definition) is 3. The van der Waals surface area contributed by atoms with E-state index in [1.807, 2.05) is 21.8 Å². The fourth-order valence-electron chi connectivity index (χ4n) is 2.87. The van der Waals surface area contributed by atoms with E-state index < -0.39 is 0 Å². The molecular weight excluding hydrogens is 283 g/mol. The summed E-state index contributed by atoms with van der Waals surface area (Å²) in [6.45, 7) is 3.18. The van der Waals surface area contributed by atoms with Gasteiger partial charge in [-0.3, -0.25) is 4.79 Å². The molecule has 1 amide bonds. The summed E-state index contributed by atoms with van der Waals surface area (Å²) in [6.07, 6.45) is 5.49. The quantitative estimate of drug-likeness (QED) is 0.869. The Kier molecular flexibility index (Phi) is 4.18. The van der Waals surface area contributed by atoms with Crippen LogP contribution in [0.5, 0.6) is 0 Å². The number of aromatic nitrogens is 3. The van der Waals surface area contributed by atoms with E-state index in [2.05, 4.69) is 10.3 Å². The van der Waals surface area contributed by atoms with Crippen molar-refractivity contribution in [2.45, 2.75) is 32.2 Å². The second-order valence-electron chi connectivity index (χ2n) is 5.75. The Morgan fingerprint density at radius 2 is 2.32 bits per heavy atom. The topological polar surface area (TPSA) is 51.0 Å². The van der Waals surface area contributed by atoms with E-state index in [1.54, 1.807) is 19.2 Å². The molecule has 0 spiro atoms. The summed E-state index contributed by atoms with van der Waals surface area (Å²) in [5.41, 5.74) is 1.62. The third kappa shape index (κ3) is 3.16. The molecule has 1 aliphatic heterocycles. The number of nitrogens with zero attached hydrogens (tertiary/aromatic N) is 4. The Balaban J connectivity index is 1.53. The van der Waals surface area contributed by atoms with Crippen LogP contribution in [0.15, 0.2) is 30.6 Å². The lowest BCUT2D eigenvalue weighted by atomic mass is 10.1. The Morgan fingerprint density at radius 3 is 3.05 bits per heavy atom. The van der Waals surface area contributed by atoms with E-state index in [0.29, 0.717) is 24.9 Å². The number of halogens is 1. The summed E-state index contributed by atoms with van der Waals surface area (Å²) < 4.78 is 15.0. The van der Waals surface area contributed by atoms with Gasteiger partial charge in [-0.05, 0) is 37.0 Å². The predicted molar refractivity (Wildman–Crippen MR) is 79.7 cm³/mol. The number of carbonyl (C=O) groups excluding carboxylic acids is 1. The fraction of sp³-hybridized carbons (Fsp3) is 0.438. The van der Waals surface area contributed by atoms with Gasteiger partial charge in [0.05, 0.1) is 12.2 Å². The molecule has 22 heavy (non-hydrogen) atoms. The molecule has 2 heterocycles. The minimum Gasteiger partial charge on any atom is -0.340 e. The number of amides is 1. The van der Waals surface area contributed by atoms with Crippen molar-refractivity contribution < 1.29 is 9.18 Å². The fourth-order valence-corrected chi connectivity index (χ4v) is 2.87. The summed E-state index contributed by atoms with van der Waals surface area (Å²) in [5.74, 6) is -0.0603. The minimum atomic E-state index is -0.203. The van der Waals surface area contributed by atoms with Gasteiger partial charge >= 0.3 is 0 Å². The molecule has 2 aromatic rings. The zero-order valence-corrected chi connectivity index (χ0v) is 12.6. The van der Waals surface area contributed by atoms with E-state index in [-0.39, 0.29) is 17.8 Å². The summed E-state index contributed by atoms with van der Waals surface area (Å²) in [7, 11) is 0. The van der Waals surface area contributed by atoms with Crippen LogP contribution in [0.3, 0.4) is 0 Å². The molecule has 1 saturated heterocycles. The molecule has 116 valence electrons. The van der Waals surface area contributed by atoms with Crippen molar-refractivity contribution in [3.8, 4) is 0 Å². The first-order chi connectivity index (χ1) is 10.6. The van der Waals surface area contributed by atoms with Crippen LogP contribution in [-0.4, -0.2) is 38.9 Å². The van der Waals surface area contributed by atoms with Crippen molar-refractivity contribution >= 4 is 5.91 Å². The lowest BCUT2D eigenvalue weighted by Crippen LogP contribution is -2.29. The first-order valence-electron chi connectivity index (χ1n) is 7.52. The highest BCUT2D eigenvalue weighted by Gasteiger charge is 2.27. The third-order valence-corrected chi connectivity index (χ3v) is 4.18. The van der Waals surface area contributed by atoms with Crippen LogP contribution in [0.2, 0.25) is 0 Å². The maximum absolute atomic E-state index is 13.2. The molecule has 1 atom stereocenters. The van der Waals surface area contributed by atoms with Gasteiger partial charge in [-0.1, -0.05) is 17.3 Å². The van der Waals surface area contributed by atoms with Crippen LogP contribution in [0.4, 0.5) is 4.39 Å². The second kappa shape index (κ2) is 6.25. The van der Waals surface area contributed by atoms with Gasteiger partial charge in [0.2, 0.25) is 5.91 Å². The van der Waals surface area contributed by atoms with E-state index in [0.717, 1.165) is 18.5 Å². The van der Waals surface area contributed by atoms with Gasteiger partial charge < -0.3 is 4.90 Å². The number of rotatable bonds is 4. The molecule has 1 aromatic heterocycles. The molecule has 6 heteroatoms. The Bertz CT molecular complexity index is 656. The summed E-state index contributed by atoms with van der Waals surface area (Å²) in [6, 6.07) is 5.24. The van der Waals surface area contributed by atoms with Crippen molar-refractivity contribution in [2.24, 2.45) is 0 Å². The van der Waals surface area contributed by atoms with Crippen LogP contribution in [-0.2, 0) is 11.2 Å². The van der Waals surface area contributed by atoms with Crippen LogP contribution < -0.4 is 0 Å². The van der Waals surface area contributed by atoms with Crippen LogP contribution >= 0.6 is 0 Å². The van der Waals surface area contributed by atoms with Crippen molar-refractivity contribution in [2.75, 3.05) is 13.1 Å². The van der Waals surface area contributed by atoms with Gasteiger partial charge in [-0.15, -0.1) is 5.10 Å². The SMILES string of the molecule is Cc1cc(CCC(=O)N2CCC(n3ccnn3)C2)ccc1F. The molecule has 0 radical (unpaired) electrons. The number of carbonyl (C=O) groups is 1. The highest BCUT2D eigenvalue weighted by molar-refractivity contribution is 5.76. The maximum atomic E-state index is 13.2. The average Bonchev–Trinajstić information content (AvgIpc) is 3.18. The van der Waals surface area contributed by atoms with Gasteiger partial charge in [0.1, 0.15) is 5.82 Å². The Labute approximate surface area is 128 Å². The number of likely N-dealkylation sites (tertiary alicyclic amines) is 1. The molecule has 1 aromatic carbocycles. The maximum Gasteiger partial charge on any atom is 0.222 e. The lowest BCUT2D eigenvalue weighted by Gasteiger charge is -2.16. The summed E-state index contributed by atoms with van der Waals surface area (Å²) in [4.78, 5) is 14.2. The molecule has 1 unspecified atom stereocenters. The first-order valence-corrected chi connectivity index (χ1v) is 7.52. The van der Waals surface area contributed by atoms with E-state index in [9.17, 15) is 9.18 Å². The van der Waals surface area contributed by atoms with Crippen LogP contribution in [0.25, 0.3) is 0 Å².